The minimum absolute atomic E-state index is 0.0375. The number of benzene rings is 2. The van der Waals surface area contributed by atoms with Crippen molar-refractivity contribution in [2.45, 2.75) is 13.8 Å². The van der Waals surface area contributed by atoms with E-state index < -0.39 is 0 Å². The lowest BCUT2D eigenvalue weighted by molar-refractivity contribution is -0.117. The molecule has 1 saturated heterocycles. The van der Waals surface area contributed by atoms with Crippen molar-refractivity contribution < 1.29 is 9.90 Å². The molecule has 2 aromatic rings. The number of nitrogens with one attached hydrogen (secondary N) is 1. The summed E-state index contributed by atoms with van der Waals surface area (Å²) < 4.78 is 0. The number of rotatable bonds is 4. The van der Waals surface area contributed by atoms with E-state index >= 15 is 0 Å². The molecule has 1 aliphatic rings. The van der Waals surface area contributed by atoms with E-state index in [1.54, 1.807) is 12.1 Å². The van der Waals surface area contributed by atoms with Gasteiger partial charge >= 0.3 is 0 Å². The highest BCUT2D eigenvalue weighted by Crippen LogP contribution is 2.21. The maximum absolute atomic E-state index is 12.4. The molecule has 1 aliphatic heterocycles. The van der Waals surface area contributed by atoms with Gasteiger partial charge in [-0.15, -0.1) is 0 Å². The van der Waals surface area contributed by atoms with Crippen LogP contribution in [0.15, 0.2) is 42.5 Å². The molecule has 5 heteroatoms. The maximum Gasteiger partial charge on any atom is 0.238 e. The van der Waals surface area contributed by atoms with E-state index in [-0.39, 0.29) is 11.7 Å². The molecule has 132 valence electrons. The van der Waals surface area contributed by atoms with Crippen LogP contribution in [-0.2, 0) is 4.79 Å². The van der Waals surface area contributed by atoms with Gasteiger partial charge < -0.3 is 15.3 Å². The number of aryl methyl sites for hydroxylation is 2. The fourth-order valence-corrected chi connectivity index (χ4v) is 3.22. The summed E-state index contributed by atoms with van der Waals surface area (Å²) in [5.74, 6) is 0.320. The molecule has 0 unspecified atom stereocenters. The molecule has 2 aromatic carbocycles. The second-order valence-corrected chi connectivity index (χ2v) is 6.59. The number of piperazine rings is 1. The van der Waals surface area contributed by atoms with Gasteiger partial charge in [0.2, 0.25) is 5.91 Å². The van der Waals surface area contributed by atoms with Gasteiger partial charge in [0.15, 0.2) is 0 Å². The molecule has 0 radical (unpaired) electrons. The van der Waals surface area contributed by atoms with Gasteiger partial charge in [0, 0.05) is 37.6 Å². The van der Waals surface area contributed by atoms with Crippen LogP contribution in [0.1, 0.15) is 11.1 Å². The lowest BCUT2D eigenvalue weighted by Gasteiger charge is -2.35. The summed E-state index contributed by atoms with van der Waals surface area (Å²) in [6.07, 6.45) is 0. The van der Waals surface area contributed by atoms with Crippen LogP contribution in [0.3, 0.4) is 0 Å². The summed E-state index contributed by atoms with van der Waals surface area (Å²) in [5, 5.41) is 12.4. The van der Waals surface area contributed by atoms with Crippen molar-refractivity contribution in [3.8, 4) is 5.75 Å². The molecular weight excluding hydrogens is 314 g/mol. The Morgan fingerprint density at radius 1 is 1.00 bits per heavy atom. The number of amides is 1. The zero-order valence-electron chi connectivity index (χ0n) is 14.8. The first-order valence-electron chi connectivity index (χ1n) is 8.65. The van der Waals surface area contributed by atoms with Crippen molar-refractivity contribution in [3.05, 3.63) is 53.6 Å². The minimum Gasteiger partial charge on any atom is -0.508 e. The van der Waals surface area contributed by atoms with Crippen LogP contribution in [0.25, 0.3) is 0 Å². The summed E-state index contributed by atoms with van der Waals surface area (Å²) in [7, 11) is 0. The van der Waals surface area contributed by atoms with Crippen LogP contribution >= 0.6 is 0 Å². The summed E-state index contributed by atoms with van der Waals surface area (Å²) in [4.78, 5) is 16.8. The predicted molar refractivity (Wildman–Crippen MR) is 101 cm³/mol. The van der Waals surface area contributed by atoms with E-state index in [0.717, 1.165) is 48.7 Å². The molecule has 0 bridgehead atoms. The Labute approximate surface area is 148 Å². The van der Waals surface area contributed by atoms with Gasteiger partial charge in [-0.25, -0.2) is 0 Å². The Morgan fingerprint density at radius 3 is 2.20 bits per heavy atom. The Morgan fingerprint density at radius 2 is 1.60 bits per heavy atom. The monoisotopic (exact) mass is 339 g/mol. The highest BCUT2D eigenvalue weighted by molar-refractivity contribution is 5.93. The van der Waals surface area contributed by atoms with Crippen LogP contribution in [-0.4, -0.2) is 48.6 Å². The quantitative estimate of drug-likeness (QED) is 0.899. The van der Waals surface area contributed by atoms with Gasteiger partial charge in [0.25, 0.3) is 0 Å². The molecule has 0 aliphatic carbocycles. The van der Waals surface area contributed by atoms with Crippen LogP contribution in [0, 0.1) is 13.8 Å². The molecule has 3 rings (SSSR count). The first-order valence-corrected chi connectivity index (χ1v) is 8.65. The van der Waals surface area contributed by atoms with Gasteiger partial charge in [-0.3, -0.25) is 9.69 Å². The molecule has 2 N–H and O–H groups in total. The Balaban J connectivity index is 1.52. The summed E-state index contributed by atoms with van der Waals surface area (Å²) in [6.45, 7) is 7.89. The normalized spacial score (nSPS) is 15.2. The number of anilines is 2. The van der Waals surface area contributed by atoms with Gasteiger partial charge in [0.05, 0.1) is 6.54 Å². The SMILES string of the molecule is Cc1cccc(C)c1NC(=O)CN1CCN(c2ccc(O)cc2)CC1. The maximum atomic E-state index is 12.4. The third kappa shape index (κ3) is 4.31. The lowest BCUT2D eigenvalue weighted by atomic mass is 10.1. The van der Waals surface area contributed by atoms with Crippen molar-refractivity contribution in [3.63, 3.8) is 0 Å². The number of aromatic hydroxyl groups is 1. The summed E-state index contributed by atoms with van der Waals surface area (Å²) >= 11 is 0. The first-order chi connectivity index (χ1) is 12.0. The van der Waals surface area contributed by atoms with E-state index in [2.05, 4.69) is 15.1 Å². The van der Waals surface area contributed by atoms with Gasteiger partial charge in [-0.1, -0.05) is 18.2 Å². The van der Waals surface area contributed by atoms with Crippen molar-refractivity contribution in [2.24, 2.45) is 0 Å². The van der Waals surface area contributed by atoms with Crippen molar-refractivity contribution >= 4 is 17.3 Å². The highest BCUT2D eigenvalue weighted by atomic mass is 16.3. The van der Waals surface area contributed by atoms with Crippen LogP contribution in [0.2, 0.25) is 0 Å². The topological polar surface area (TPSA) is 55.8 Å². The molecule has 0 aromatic heterocycles. The molecule has 1 amide bonds. The molecular formula is C20H25N3O2. The summed E-state index contributed by atoms with van der Waals surface area (Å²) in [6, 6.07) is 13.3. The van der Waals surface area contributed by atoms with E-state index in [0.29, 0.717) is 6.54 Å². The van der Waals surface area contributed by atoms with Crippen molar-refractivity contribution in [1.82, 2.24) is 4.90 Å². The van der Waals surface area contributed by atoms with E-state index in [9.17, 15) is 9.90 Å². The summed E-state index contributed by atoms with van der Waals surface area (Å²) in [5.41, 5.74) is 4.21. The molecule has 0 spiro atoms. The molecule has 5 nitrogen and oxygen atoms in total. The number of hydrogen-bond donors (Lipinski definition) is 2. The molecule has 1 fully saturated rings. The average Bonchev–Trinajstić information content (AvgIpc) is 2.60. The predicted octanol–water partition coefficient (Wildman–Crippen LogP) is 2.77. The highest BCUT2D eigenvalue weighted by Gasteiger charge is 2.19. The molecule has 0 atom stereocenters. The number of para-hydroxylation sites is 1. The zero-order chi connectivity index (χ0) is 17.8. The number of phenolic OH excluding ortho intramolecular Hbond substituents is 1. The van der Waals surface area contributed by atoms with Crippen LogP contribution < -0.4 is 10.2 Å². The number of carbonyl (C=O) groups is 1. The van der Waals surface area contributed by atoms with Crippen LogP contribution in [0.5, 0.6) is 5.75 Å². The second kappa shape index (κ2) is 7.57. The number of hydrogen-bond acceptors (Lipinski definition) is 4. The zero-order valence-corrected chi connectivity index (χ0v) is 14.8. The van der Waals surface area contributed by atoms with Gasteiger partial charge in [-0.2, -0.15) is 0 Å². The Kier molecular flexibility index (Phi) is 5.24. The third-order valence-corrected chi connectivity index (χ3v) is 4.70. The average molecular weight is 339 g/mol. The standard InChI is InChI=1S/C20H25N3O2/c1-15-4-3-5-16(2)20(15)21-19(25)14-22-10-12-23(13-11-22)17-6-8-18(24)9-7-17/h3-9,24H,10-14H2,1-2H3,(H,21,25). The van der Waals surface area contributed by atoms with E-state index in [1.807, 2.05) is 44.2 Å². The second-order valence-electron chi connectivity index (χ2n) is 6.59. The number of nitrogens with zero attached hydrogens (tertiary/aromatic N) is 2. The van der Waals surface area contributed by atoms with Crippen molar-refractivity contribution in [2.75, 3.05) is 42.9 Å². The first kappa shape index (κ1) is 17.3. The minimum atomic E-state index is 0.0375. The third-order valence-electron chi connectivity index (χ3n) is 4.70. The van der Waals surface area contributed by atoms with E-state index in [4.69, 9.17) is 0 Å². The molecule has 0 saturated carbocycles. The van der Waals surface area contributed by atoms with Crippen molar-refractivity contribution in [1.29, 1.82) is 0 Å². The number of carbonyl (C=O) groups excluding carboxylic acids is 1. The largest absolute Gasteiger partial charge is 0.508 e. The van der Waals surface area contributed by atoms with Gasteiger partial charge in [-0.05, 0) is 49.2 Å². The Bertz CT molecular complexity index is 715. The fraction of sp³-hybridized carbons (Fsp3) is 0.350. The van der Waals surface area contributed by atoms with E-state index in [1.165, 1.54) is 0 Å². The van der Waals surface area contributed by atoms with Gasteiger partial charge in [0.1, 0.15) is 5.75 Å². The fourth-order valence-electron chi connectivity index (χ4n) is 3.22. The molecule has 25 heavy (non-hydrogen) atoms. The lowest BCUT2D eigenvalue weighted by Crippen LogP contribution is -2.48. The smallest absolute Gasteiger partial charge is 0.238 e. The molecule has 1 heterocycles. The number of phenols is 1. The Hall–Kier alpha value is -2.53. The van der Waals surface area contributed by atoms with Crippen LogP contribution in [0.4, 0.5) is 11.4 Å².